The summed E-state index contributed by atoms with van der Waals surface area (Å²) in [6.45, 7) is 3.76. The van der Waals surface area contributed by atoms with Crippen molar-refractivity contribution in [3.05, 3.63) is 65.2 Å². The second-order valence-corrected chi connectivity index (χ2v) is 5.72. The molecule has 0 bridgehead atoms. The van der Waals surface area contributed by atoms with Crippen LogP contribution in [-0.4, -0.2) is 6.04 Å². The molecule has 0 aliphatic heterocycles. The number of nitrogens with two attached hydrogens (primary N) is 1. The summed E-state index contributed by atoms with van der Waals surface area (Å²) < 4.78 is 0. The van der Waals surface area contributed by atoms with E-state index in [1.54, 1.807) is 0 Å². The van der Waals surface area contributed by atoms with Crippen LogP contribution in [0.5, 0.6) is 0 Å². The van der Waals surface area contributed by atoms with Gasteiger partial charge in [-0.3, -0.25) is 0 Å². The molecule has 20 heavy (non-hydrogen) atoms. The predicted molar refractivity (Wildman–Crippen MR) is 84.7 cm³/mol. The smallest absolute Gasteiger partial charge is 0.0432 e. The van der Waals surface area contributed by atoms with Crippen LogP contribution in [0.2, 0.25) is 0 Å². The van der Waals surface area contributed by atoms with Gasteiger partial charge in [-0.1, -0.05) is 42.0 Å². The highest BCUT2D eigenvalue weighted by atomic mass is 15.2. The summed E-state index contributed by atoms with van der Waals surface area (Å²) in [5.41, 5.74) is 10.9. The molecule has 0 atom stereocenters. The molecular formula is C18H22N2. The third kappa shape index (κ3) is 3.02. The van der Waals surface area contributed by atoms with Gasteiger partial charge in [0.05, 0.1) is 0 Å². The highest BCUT2D eigenvalue weighted by Crippen LogP contribution is 2.33. The lowest BCUT2D eigenvalue weighted by Gasteiger charge is -2.25. The molecule has 2 N–H and O–H groups in total. The minimum Gasteiger partial charge on any atom is -0.364 e. The predicted octanol–water partition coefficient (Wildman–Crippen LogP) is 3.62. The van der Waals surface area contributed by atoms with Crippen LogP contribution in [0.3, 0.4) is 0 Å². The van der Waals surface area contributed by atoms with E-state index in [0.29, 0.717) is 12.6 Å². The van der Waals surface area contributed by atoms with Crippen molar-refractivity contribution in [3.63, 3.8) is 0 Å². The lowest BCUT2D eigenvalue weighted by Crippen LogP contribution is -2.25. The second kappa shape index (κ2) is 5.68. The van der Waals surface area contributed by atoms with E-state index in [2.05, 4.69) is 60.4 Å². The summed E-state index contributed by atoms with van der Waals surface area (Å²) in [4.78, 5) is 2.52. The first-order valence-corrected chi connectivity index (χ1v) is 7.37. The highest BCUT2D eigenvalue weighted by molar-refractivity contribution is 5.50. The fraction of sp³-hybridized carbons (Fsp3) is 0.333. The summed E-state index contributed by atoms with van der Waals surface area (Å²) in [5, 5.41) is 0. The number of hydrogen-bond donors (Lipinski definition) is 1. The Morgan fingerprint density at radius 1 is 1.05 bits per heavy atom. The maximum Gasteiger partial charge on any atom is 0.0432 e. The summed E-state index contributed by atoms with van der Waals surface area (Å²) in [6, 6.07) is 18.2. The number of anilines is 1. The Bertz CT molecular complexity index is 570. The van der Waals surface area contributed by atoms with Crippen molar-refractivity contribution in [2.24, 2.45) is 5.73 Å². The summed E-state index contributed by atoms with van der Waals surface area (Å²) in [5.74, 6) is 0. The highest BCUT2D eigenvalue weighted by Gasteiger charge is 2.29. The van der Waals surface area contributed by atoms with Crippen molar-refractivity contribution < 1.29 is 0 Å². The van der Waals surface area contributed by atoms with Gasteiger partial charge in [0.1, 0.15) is 0 Å². The van der Waals surface area contributed by atoms with Gasteiger partial charge in [-0.2, -0.15) is 0 Å². The molecule has 0 heterocycles. The molecule has 0 unspecified atom stereocenters. The van der Waals surface area contributed by atoms with Gasteiger partial charge in [0, 0.05) is 24.8 Å². The van der Waals surface area contributed by atoms with E-state index in [1.165, 1.54) is 35.2 Å². The van der Waals surface area contributed by atoms with Crippen LogP contribution < -0.4 is 10.6 Å². The molecule has 0 aromatic heterocycles. The molecule has 1 aliphatic rings. The topological polar surface area (TPSA) is 29.3 Å². The molecule has 2 nitrogen and oxygen atoms in total. The van der Waals surface area contributed by atoms with Crippen molar-refractivity contribution in [1.82, 2.24) is 0 Å². The Balaban J connectivity index is 1.81. The second-order valence-electron chi connectivity index (χ2n) is 5.72. The Labute approximate surface area is 121 Å². The first-order chi connectivity index (χ1) is 9.76. The molecule has 3 rings (SSSR count). The van der Waals surface area contributed by atoms with Gasteiger partial charge in [-0.15, -0.1) is 0 Å². The molecular weight excluding hydrogens is 244 g/mol. The van der Waals surface area contributed by atoms with E-state index in [1.807, 2.05) is 0 Å². The zero-order valence-corrected chi connectivity index (χ0v) is 12.0. The van der Waals surface area contributed by atoms with Gasteiger partial charge in [0.15, 0.2) is 0 Å². The van der Waals surface area contributed by atoms with E-state index in [-0.39, 0.29) is 0 Å². The first kappa shape index (κ1) is 13.2. The number of nitrogens with zero attached hydrogens (tertiary/aromatic N) is 1. The summed E-state index contributed by atoms with van der Waals surface area (Å²) in [6.07, 6.45) is 2.62. The average Bonchev–Trinajstić information content (AvgIpc) is 3.30. The molecule has 2 aromatic carbocycles. The van der Waals surface area contributed by atoms with E-state index in [9.17, 15) is 0 Å². The number of hydrogen-bond acceptors (Lipinski definition) is 2. The maximum absolute atomic E-state index is 5.67. The molecule has 0 saturated heterocycles. The third-order valence-electron chi connectivity index (χ3n) is 3.93. The average molecular weight is 266 g/mol. The van der Waals surface area contributed by atoms with Crippen LogP contribution >= 0.6 is 0 Å². The van der Waals surface area contributed by atoms with Crippen molar-refractivity contribution in [2.75, 3.05) is 4.90 Å². The van der Waals surface area contributed by atoms with Crippen LogP contribution in [0, 0.1) is 6.92 Å². The van der Waals surface area contributed by atoms with Crippen LogP contribution in [0.1, 0.15) is 29.5 Å². The van der Waals surface area contributed by atoms with Crippen molar-refractivity contribution in [1.29, 1.82) is 0 Å². The SMILES string of the molecule is Cc1cccc(CN(c2ccc(CN)cc2)C2CC2)c1. The maximum atomic E-state index is 5.67. The van der Waals surface area contributed by atoms with Crippen molar-refractivity contribution in [3.8, 4) is 0 Å². The van der Waals surface area contributed by atoms with E-state index < -0.39 is 0 Å². The summed E-state index contributed by atoms with van der Waals surface area (Å²) >= 11 is 0. The molecule has 0 amide bonds. The fourth-order valence-corrected chi connectivity index (χ4v) is 2.65. The fourth-order valence-electron chi connectivity index (χ4n) is 2.65. The van der Waals surface area contributed by atoms with Crippen molar-refractivity contribution >= 4 is 5.69 Å². The summed E-state index contributed by atoms with van der Waals surface area (Å²) in [7, 11) is 0. The van der Waals surface area contributed by atoms with Crippen LogP contribution in [0.4, 0.5) is 5.69 Å². The van der Waals surface area contributed by atoms with Gasteiger partial charge >= 0.3 is 0 Å². The molecule has 1 fully saturated rings. The van der Waals surface area contributed by atoms with Gasteiger partial charge in [0.25, 0.3) is 0 Å². The normalized spacial score (nSPS) is 14.3. The molecule has 0 radical (unpaired) electrons. The Morgan fingerprint density at radius 2 is 1.80 bits per heavy atom. The van der Waals surface area contributed by atoms with Crippen LogP contribution in [-0.2, 0) is 13.1 Å². The zero-order chi connectivity index (χ0) is 13.9. The van der Waals surface area contributed by atoms with Crippen LogP contribution in [0.25, 0.3) is 0 Å². The van der Waals surface area contributed by atoms with Crippen LogP contribution in [0.15, 0.2) is 48.5 Å². The Morgan fingerprint density at radius 3 is 2.40 bits per heavy atom. The zero-order valence-electron chi connectivity index (χ0n) is 12.0. The number of aryl methyl sites for hydroxylation is 1. The first-order valence-electron chi connectivity index (χ1n) is 7.37. The van der Waals surface area contributed by atoms with E-state index in [4.69, 9.17) is 5.73 Å². The van der Waals surface area contributed by atoms with Gasteiger partial charge in [-0.25, -0.2) is 0 Å². The van der Waals surface area contributed by atoms with E-state index >= 15 is 0 Å². The lowest BCUT2D eigenvalue weighted by atomic mass is 10.1. The molecule has 2 aromatic rings. The number of benzene rings is 2. The largest absolute Gasteiger partial charge is 0.364 e. The Hall–Kier alpha value is -1.80. The van der Waals surface area contributed by atoms with Crippen molar-refractivity contribution in [2.45, 2.75) is 38.9 Å². The molecule has 1 aliphatic carbocycles. The number of rotatable bonds is 5. The minimum atomic E-state index is 0.613. The van der Waals surface area contributed by atoms with E-state index in [0.717, 1.165) is 6.54 Å². The standard InChI is InChI=1S/C18H22N2/c1-14-3-2-4-16(11-14)13-20(18-9-10-18)17-7-5-15(12-19)6-8-17/h2-8,11,18H,9-10,12-13,19H2,1H3. The molecule has 2 heteroatoms. The minimum absolute atomic E-state index is 0.613. The molecule has 104 valence electrons. The van der Waals surface area contributed by atoms with Gasteiger partial charge < -0.3 is 10.6 Å². The third-order valence-corrected chi connectivity index (χ3v) is 3.93. The molecule has 1 saturated carbocycles. The monoisotopic (exact) mass is 266 g/mol. The van der Waals surface area contributed by atoms with Gasteiger partial charge in [0.2, 0.25) is 0 Å². The lowest BCUT2D eigenvalue weighted by molar-refractivity contribution is 0.793. The molecule has 0 spiro atoms. The quantitative estimate of drug-likeness (QED) is 0.895. The van der Waals surface area contributed by atoms with Gasteiger partial charge in [-0.05, 0) is 43.0 Å². The Kier molecular flexibility index (Phi) is 3.75.